The second-order valence-electron chi connectivity index (χ2n) is 6.23. The van der Waals surface area contributed by atoms with E-state index < -0.39 is 10.0 Å². The zero-order valence-electron chi connectivity index (χ0n) is 15.2. The Bertz CT molecular complexity index is 1120. The van der Waals surface area contributed by atoms with E-state index in [0.717, 1.165) is 28.1 Å². The first-order valence-electron chi connectivity index (χ1n) is 8.59. The Morgan fingerprint density at radius 1 is 0.929 bits per heavy atom. The van der Waals surface area contributed by atoms with E-state index in [2.05, 4.69) is 4.72 Å². The van der Waals surface area contributed by atoms with Gasteiger partial charge in [0.2, 0.25) is 10.0 Å². The first-order valence-corrected chi connectivity index (χ1v) is 11.1. The smallest absolute Gasteiger partial charge is 0.240 e. The van der Waals surface area contributed by atoms with Crippen LogP contribution in [-0.4, -0.2) is 25.1 Å². The number of thioether (sulfide) groups is 1. The van der Waals surface area contributed by atoms with E-state index in [1.54, 1.807) is 0 Å². The summed E-state index contributed by atoms with van der Waals surface area (Å²) in [4.78, 5) is 23.0. The second-order valence-corrected chi connectivity index (χ2v) is 9.15. The first-order chi connectivity index (χ1) is 13.3. The van der Waals surface area contributed by atoms with Gasteiger partial charge in [-0.2, -0.15) is 0 Å². The van der Waals surface area contributed by atoms with E-state index in [9.17, 15) is 18.0 Å². The van der Waals surface area contributed by atoms with Crippen molar-refractivity contribution in [2.75, 3.05) is 5.75 Å². The number of carbonyl (C=O) groups is 2. The van der Waals surface area contributed by atoms with Gasteiger partial charge in [0.05, 0.1) is 10.6 Å². The third-order valence-electron chi connectivity index (χ3n) is 4.17. The number of rotatable bonds is 7. The van der Waals surface area contributed by atoms with E-state index in [1.165, 1.54) is 31.2 Å². The second kappa shape index (κ2) is 8.68. The summed E-state index contributed by atoms with van der Waals surface area (Å²) in [5.74, 6) is -0.171. The van der Waals surface area contributed by atoms with Crippen LogP contribution in [0.3, 0.4) is 0 Å². The normalized spacial score (nSPS) is 11.5. The summed E-state index contributed by atoms with van der Waals surface area (Å²) in [6, 6.07) is 19.4. The van der Waals surface area contributed by atoms with Crippen molar-refractivity contribution in [3.8, 4) is 0 Å². The zero-order valence-corrected chi connectivity index (χ0v) is 16.8. The Morgan fingerprint density at radius 2 is 1.61 bits per heavy atom. The number of benzene rings is 3. The minimum atomic E-state index is -3.70. The minimum Gasteiger partial charge on any atom is -0.293 e. The minimum absolute atomic E-state index is 0.0433. The van der Waals surface area contributed by atoms with Crippen LogP contribution in [0.5, 0.6) is 0 Å². The SMILES string of the molecule is CC(=O)SCC(=O)c1ccc(S(=O)(=O)NCc2ccc3ccccc3c2)cc1. The number of hydrogen-bond donors (Lipinski definition) is 1. The van der Waals surface area contributed by atoms with Crippen LogP contribution in [0.25, 0.3) is 10.8 Å². The van der Waals surface area contributed by atoms with Crippen LogP contribution in [0.4, 0.5) is 0 Å². The first kappa shape index (κ1) is 20.3. The average molecular weight is 414 g/mol. The summed E-state index contributed by atoms with van der Waals surface area (Å²) in [5, 5.41) is 2.01. The molecule has 0 aliphatic rings. The summed E-state index contributed by atoms with van der Waals surface area (Å²) in [7, 11) is -3.70. The van der Waals surface area contributed by atoms with Gasteiger partial charge in [0.15, 0.2) is 10.9 Å². The van der Waals surface area contributed by atoms with Gasteiger partial charge in [0.1, 0.15) is 0 Å². The van der Waals surface area contributed by atoms with Crippen molar-refractivity contribution < 1.29 is 18.0 Å². The number of sulfonamides is 1. The molecule has 0 heterocycles. The standard InChI is InChI=1S/C21H19NO4S2/c1-15(23)27-14-21(24)18-8-10-20(11-9-18)28(25,26)22-13-16-6-7-17-4-2-3-5-19(17)12-16/h2-12,22H,13-14H2,1H3. The van der Waals surface area contributed by atoms with Crippen LogP contribution < -0.4 is 4.72 Å². The predicted molar refractivity (Wildman–Crippen MR) is 112 cm³/mol. The topological polar surface area (TPSA) is 80.3 Å². The van der Waals surface area contributed by atoms with Crippen molar-refractivity contribution in [1.29, 1.82) is 0 Å². The molecule has 0 amide bonds. The molecule has 0 fully saturated rings. The average Bonchev–Trinajstić information content (AvgIpc) is 2.70. The largest absolute Gasteiger partial charge is 0.293 e. The summed E-state index contributed by atoms with van der Waals surface area (Å²) in [6.45, 7) is 1.57. The van der Waals surface area contributed by atoms with Gasteiger partial charge in [-0.15, -0.1) is 0 Å². The van der Waals surface area contributed by atoms with Crippen LogP contribution in [0.2, 0.25) is 0 Å². The monoisotopic (exact) mass is 413 g/mol. The Hall–Kier alpha value is -2.48. The highest BCUT2D eigenvalue weighted by molar-refractivity contribution is 8.14. The third-order valence-corrected chi connectivity index (χ3v) is 6.40. The number of ketones is 1. The van der Waals surface area contributed by atoms with Crippen molar-refractivity contribution in [3.05, 3.63) is 77.9 Å². The Balaban J connectivity index is 1.68. The van der Waals surface area contributed by atoms with E-state index in [4.69, 9.17) is 0 Å². The highest BCUT2D eigenvalue weighted by atomic mass is 32.2. The number of hydrogen-bond acceptors (Lipinski definition) is 5. The van der Waals surface area contributed by atoms with Gasteiger partial charge in [-0.05, 0) is 34.5 Å². The molecule has 0 spiro atoms. The number of nitrogens with one attached hydrogen (secondary N) is 1. The molecule has 0 aliphatic heterocycles. The molecule has 1 N–H and O–H groups in total. The van der Waals surface area contributed by atoms with Gasteiger partial charge in [-0.25, -0.2) is 13.1 Å². The van der Waals surface area contributed by atoms with Crippen molar-refractivity contribution in [3.63, 3.8) is 0 Å². The van der Waals surface area contributed by atoms with Gasteiger partial charge in [-0.1, -0.05) is 60.3 Å². The molecule has 0 atom stereocenters. The van der Waals surface area contributed by atoms with Gasteiger partial charge in [0.25, 0.3) is 0 Å². The van der Waals surface area contributed by atoms with Crippen molar-refractivity contribution in [1.82, 2.24) is 4.72 Å². The van der Waals surface area contributed by atoms with Crippen LogP contribution in [0, 0.1) is 0 Å². The van der Waals surface area contributed by atoms with Crippen molar-refractivity contribution in [2.24, 2.45) is 0 Å². The van der Waals surface area contributed by atoms with Gasteiger partial charge in [0, 0.05) is 19.0 Å². The van der Waals surface area contributed by atoms with Crippen molar-refractivity contribution in [2.45, 2.75) is 18.4 Å². The van der Waals surface area contributed by atoms with Crippen LogP contribution in [0.1, 0.15) is 22.8 Å². The van der Waals surface area contributed by atoms with Gasteiger partial charge in [-0.3, -0.25) is 9.59 Å². The maximum absolute atomic E-state index is 12.5. The Labute approximate surface area is 168 Å². The van der Waals surface area contributed by atoms with Gasteiger partial charge < -0.3 is 0 Å². The predicted octanol–water partition coefficient (Wildman–Crippen LogP) is 3.78. The summed E-state index contributed by atoms with van der Waals surface area (Å²) >= 11 is 0.931. The van der Waals surface area contributed by atoms with E-state index in [-0.39, 0.29) is 28.1 Å². The van der Waals surface area contributed by atoms with E-state index in [0.29, 0.717) is 5.56 Å². The molecule has 144 valence electrons. The van der Waals surface area contributed by atoms with E-state index >= 15 is 0 Å². The molecule has 3 aromatic carbocycles. The molecule has 0 saturated heterocycles. The fourth-order valence-corrected chi connectivity index (χ4v) is 4.20. The fraction of sp³-hybridized carbons (Fsp3) is 0.143. The molecule has 0 bridgehead atoms. The highest BCUT2D eigenvalue weighted by Crippen LogP contribution is 2.17. The fourth-order valence-electron chi connectivity index (χ4n) is 2.68. The highest BCUT2D eigenvalue weighted by Gasteiger charge is 2.15. The molecule has 0 aliphatic carbocycles. The summed E-state index contributed by atoms with van der Waals surface area (Å²) in [6.07, 6.45) is 0. The van der Waals surface area contributed by atoms with Crippen LogP contribution in [0.15, 0.2) is 71.6 Å². The Morgan fingerprint density at radius 3 is 2.29 bits per heavy atom. The number of carbonyl (C=O) groups excluding carboxylic acids is 2. The van der Waals surface area contributed by atoms with E-state index in [1.807, 2.05) is 42.5 Å². The third kappa shape index (κ3) is 5.07. The van der Waals surface area contributed by atoms with Gasteiger partial charge >= 0.3 is 0 Å². The molecule has 3 rings (SSSR count). The molecule has 0 radical (unpaired) electrons. The summed E-state index contributed by atoms with van der Waals surface area (Å²) < 4.78 is 27.6. The molecule has 0 aromatic heterocycles. The van der Waals surface area contributed by atoms with Crippen molar-refractivity contribution >= 4 is 43.5 Å². The molecule has 7 heteroatoms. The molecular formula is C21H19NO4S2. The molecule has 0 saturated carbocycles. The zero-order chi connectivity index (χ0) is 20.1. The maximum atomic E-state index is 12.5. The van der Waals surface area contributed by atoms with Crippen LogP contribution >= 0.6 is 11.8 Å². The lowest BCUT2D eigenvalue weighted by Crippen LogP contribution is -2.23. The lowest BCUT2D eigenvalue weighted by Gasteiger charge is -2.08. The lowest BCUT2D eigenvalue weighted by atomic mass is 10.1. The molecule has 28 heavy (non-hydrogen) atoms. The number of Topliss-reactive ketones (excluding diaryl/α,β-unsaturated/α-hetero) is 1. The quantitative estimate of drug-likeness (QED) is 0.596. The maximum Gasteiger partial charge on any atom is 0.240 e. The Kier molecular flexibility index (Phi) is 6.28. The number of fused-ring (bicyclic) bond motifs is 1. The van der Waals surface area contributed by atoms with Crippen LogP contribution in [-0.2, 0) is 21.4 Å². The molecule has 5 nitrogen and oxygen atoms in total. The lowest BCUT2D eigenvalue weighted by molar-refractivity contribution is -0.109. The summed E-state index contributed by atoms with van der Waals surface area (Å²) in [5.41, 5.74) is 1.23. The molecular weight excluding hydrogens is 394 g/mol. The molecule has 3 aromatic rings. The molecule has 0 unspecified atom stereocenters.